The van der Waals surface area contributed by atoms with Gasteiger partial charge in [0.05, 0.1) is 0 Å². The molecule has 0 aliphatic heterocycles. The second-order valence-corrected chi connectivity index (χ2v) is 4.65. The van der Waals surface area contributed by atoms with Gasteiger partial charge in [0.2, 0.25) is 0 Å². The zero-order valence-corrected chi connectivity index (χ0v) is 11.1. The molecule has 0 saturated carbocycles. The topological polar surface area (TPSA) is 40.5 Å². The number of rotatable bonds is 4. The summed E-state index contributed by atoms with van der Waals surface area (Å²) in [5.41, 5.74) is 4.08. The van der Waals surface area contributed by atoms with Gasteiger partial charge in [-0.05, 0) is 38.1 Å². The molecular weight excluding hydrogens is 238 g/mol. The van der Waals surface area contributed by atoms with Crippen LogP contribution in [0.2, 0.25) is 0 Å². The monoisotopic (exact) mass is 255 g/mol. The number of hydrogen-bond donors (Lipinski definition) is 1. The summed E-state index contributed by atoms with van der Waals surface area (Å²) in [6.45, 7) is 3.97. The van der Waals surface area contributed by atoms with Crippen LogP contribution in [0, 0.1) is 13.8 Å². The molecule has 0 spiro atoms. The zero-order valence-electron chi connectivity index (χ0n) is 11.1. The Hall–Kier alpha value is -2.29. The van der Waals surface area contributed by atoms with Crippen LogP contribution in [-0.2, 0) is 4.79 Å². The molecule has 0 heterocycles. The predicted octanol–water partition coefficient (Wildman–Crippen LogP) is 3.53. The van der Waals surface area contributed by atoms with Crippen LogP contribution >= 0.6 is 0 Å². The van der Waals surface area contributed by atoms with E-state index in [0.29, 0.717) is 0 Å². The van der Waals surface area contributed by atoms with E-state index < -0.39 is 5.97 Å². The van der Waals surface area contributed by atoms with E-state index in [0.717, 1.165) is 22.5 Å². The minimum Gasteiger partial charge on any atom is -0.480 e. The molecule has 0 atom stereocenters. The molecule has 3 heteroatoms. The lowest BCUT2D eigenvalue weighted by molar-refractivity contribution is -0.135. The molecule has 0 amide bonds. The Morgan fingerprint density at radius 3 is 1.58 bits per heavy atom. The van der Waals surface area contributed by atoms with Gasteiger partial charge in [-0.25, -0.2) is 0 Å². The number of aliphatic carboxylic acids is 1. The maximum absolute atomic E-state index is 11.0. The van der Waals surface area contributed by atoms with E-state index in [2.05, 4.69) is 0 Å². The predicted molar refractivity (Wildman–Crippen MR) is 77.0 cm³/mol. The lowest BCUT2D eigenvalue weighted by Crippen LogP contribution is -2.24. The summed E-state index contributed by atoms with van der Waals surface area (Å²) in [7, 11) is 0. The molecule has 1 N–H and O–H groups in total. The molecule has 2 rings (SSSR count). The van der Waals surface area contributed by atoms with Gasteiger partial charge in [-0.3, -0.25) is 4.79 Å². The van der Waals surface area contributed by atoms with Gasteiger partial charge in [0.1, 0.15) is 6.54 Å². The van der Waals surface area contributed by atoms with Crippen molar-refractivity contribution in [3.05, 3.63) is 59.7 Å². The van der Waals surface area contributed by atoms with Crippen molar-refractivity contribution in [2.24, 2.45) is 0 Å². The lowest BCUT2D eigenvalue weighted by atomic mass is 10.1. The highest BCUT2D eigenvalue weighted by atomic mass is 16.4. The Balaban J connectivity index is 2.37. The number of hydrogen-bond acceptors (Lipinski definition) is 2. The second-order valence-electron chi connectivity index (χ2n) is 4.65. The average molecular weight is 255 g/mol. The van der Waals surface area contributed by atoms with Crippen molar-refractivity contribution < 1.29 is 9.90 Å². The van der Waals surface area contributed by atoms with Gasteiger partial charge >= 0.3 is 5.97 Å². The van der Waals surface area contributed by atoms with Crippen LogP contribution in [0.25, 0.3) is 0 Å². The Bertz CT molecular complexity index is 513. The van der Waals surface area contributed by atoms with E-state index in [9.17, 15) is 4.79 Å². The highest BCUT2D eigenvalue weighted by Crippen LogP contribution is 2.25. The van der Waals surface area contributed by atoms with E-state index in [-0.39, 0.29) is 6.54 Å². The van der Waals surface area contributed by atoms with Crippen LogP contribution in [0.15, 0.2) is 48.5 Å². The van der Waals surface area contributed by atoms with Crippen molar-refractivity contribution >= 4 is 17.3 Å². The number of anilines is 2. The SMILES string of the molecule is Cc1ccc(N(CC(=O)O)c2ccc(C)cc2)cc1. The van der Waals surface area contributed by atoms with Crippen LogP contribution in [0.1, 0.15) is 11.1 Å². The molecule has 0 aliphatic carbocycles. The third-order valence-electron chi connectivity index (χ3n) is 2.98. The number of benzene rings is 2. The second kappa shape index (κ2) is 5.57. The smallest absolute Gasteiger partial charge is 0.323 e. The fourth-order valence-corrected chi connectivity index (χ4v) is 1.92. The highest BCUT2D eigenvalue weighted by molar-refractivity contribution is 5.78. The van der Waals surface area contributed by atoms with Crippen molar-refractivity contribution in [1.82, 2.24) is 0 Å². The summed E-state index contributed by atoms with van der Waals surface area (Å²) >= 11 is 0. The molecule has 0 unspecified atom stereocenters. The van der Waals surface area contributed by atoms with Crippen molar-refractivity contribution in [2.45, 2.75) is 13.8 Å². The standard InChI is InChI=1S/C16H17NO2/c1-12-3-7-14(8-4-12)17(11-16(18)19)15-9-5-13(2)6-10-15/h3-10H,11H2,1-2H3,(H,18,19). The molecule has 0 fully saturated rings. The molecule has 2 aromatic rings. The molecule has 98 valence electrons. The van der Waals surface area contributed by atoms with Crippen LogP contribution in [-0.4, -0.2) is 17.6 Å². The molecule has 0 radical (unpaired) electrons. The molecule has 0 aromatic heterocycles. The summed E-state index contributed by atoms with van der Waals surface area (Å²) in [6, 6.07) is 15.7. The van der Waals surface area contributed by atoms with E-state index >= 15 is 0 Å². The zero-order chi connectivity index (χ0) is 13.8. The summed E-state index contributed by atoms with van der Waals surface area (Å²) < 4.78 is 0. The van der Waals surface area contributed by atoms with Gasteiger partial charge < -0.3 is 10.0 Å². The van der Waals surface area contributed by atoms with Gasteiger partial charge in [-0.15, -0.1) is 0 Å². The molecule has 2 aromatic carbocycles. The number of nitrogens with zero attached hydrogens (tertiary/aromatic N) is 1. The number of carbonyl (C=O) groups is 1. The van der Waals surface area contributed by atoms with Gasteiger partial charge in [-0.2, -0.15) is 0 Å². The van der Waals surface area contributed by atoms with E-state index in [4.69, 9.17) is 5.11 Å². The van der Waals surface area contributed by atoms with Crippen LogP contribution in [0.5, 0.6) is 0 Å². The fourth-order valence-electron chi connectivity index (χ4n) is 1.92. The van der Waals surface area contributed by atoms with E-state index in [1.165, 1.54) is 0 Å². The third kappa shape index (κ3) is 3.35. The summed E-state index contributed by atoms with van der Waals surface area (Å²) in [5.74, 6) is -0.846. The molecule has 0 bridgehead atoms. The van der Waals surface area contributed by atoms with Crippen molar-refractivity contribution in [2.75, 3.05) is 11.4 Å². The lowest BCUT2D eigenvalue weighted by Gasteiger charge is -2.23. The molecular formula is C16H17NO2. The van der Waals surface area contributed by atoms with Crippen molar-refractivity contribution in [3.63, 3.8) is 0 Å². The first kappa shape index (κ1) is 13.1. The Labute approximate surface area is 113 Å². The highest BCUT2D eigenvalue weighted by Gasteiger charge is 2.12. The molecule has 0 saturated heterocycles. The first-order valence-electron chi connectivity index (χ1n) is 6.19. The minimum absolute atomic E-state index is 0.0495. The van der Waals surface area contributed by atoms with Crippen molar-refractivity contribution in [3.8, 4) is 0 Å². The largest absolute Gasteiger partial charge is 0.480 e. The molecule has 19 heavy (non-hydrogen) atoms. The van der Waals surface area contributed by atoms with Gasteiger partial charge in [0.15, 0.2) is 0 Å². The van der Waals surface area contributed by atoms with Crippen LogP contribution in [0.3, 0.4) is 0 Å². The fraction of sp³-hybridized carbons (Fsp3) is 0.188. The van der Waals surface area contributed by atoms with Crippen LogP contribution in [0.4, 0.5) is 11.4 Å². The summed E-state index contributed by atoms with van der Waals surface area (Å²) in [5, 5.41) is 9.07. The molecule has 0 aliphatic rings. The normalized spacial score (nSPS) is 10.2. The van der Waals surface area contributed by atoms with Crippen LogP contribution < -0.4 is 4.90 Å². The Morgan fingerprint density at radius 2 is 1.26 bits per heavy atom. The number of carboxylic acid groups (broad SMARTS) is 1. The summed E-state index contributed by atoms with van der Waals surface area (Å²) in [4.78, 5) is 12.8. The van der Waals surface area contributed by atoms with E-state index in [1.807, 2.05) is 62.4 Å². The minimum atomic E-state index is -0.846. The average Bonchev–Trinajstić information content (AvgIpc) is 2.38. The first-order valence-corrected chi connectivity index (χ1v) is 6.19. The Morgan fingerprint density at radius 1 is 0.895 bits per heavy atom. The number of aryl methyl sites for hydroxylation is 2. The first-order chi connectivity index (χ1) is 9.06. The maximum atomic E-state index is 11.0. The third-order valence-corrected chi connectivity index (χ3v) is 2.98. The Kier molecular flexibility index (Phi) is 3.85. The van der Waals surface area contributed by atoms with Crippen molar-refractivity contribution in [1.29, 1.82) is 0 Å². The van der Waals surface area contributed by atoms with E-state index in [1.54, 1.807) is 4.90 Å². The van der Waals surface area contributed by atoms with Gasteiger partial charge in [0, 0.05) is 11.4 Å². The quantitative estimate of drug-likeness (QED) is 0.908. The van der Waals surface area contributed by atoms with Gasteiger partial charge in [0.25, 0.3) is 0 Å². The summed E-state index contributed by atoms with van der Waals surface area (Å²) in [6.07, 6.45) is 0. The van der Waals surface area contributed by atoms with Gasteiger partial charge in [-0.1, -0.05) is 35.4 Å². The molecule has 3 nitrogen and oxygen atoms in total. The number of carboxylic acids is 1. The maximum Gasteiger partial charge on any atom is 0.323 e.